The largest absolute Gasteiger partial charge is 0.256 e. The summed E-state index contributed by atoms with van der Waals surface area (Å²) in [6.07, 6.45) is 38.5. The molecule has 0 unspecified atom stereocenters. The Bertz CT molecular complexity index is 533. The van der Waals surface area contributed by atoms with E-state index in [1.807, 2.05) is 0 Å². The first kappa shape index (κ1) is 31.2. The highest BCUT2D eigenvalue weighted by molar-refractivity contribution is 4.84. The molecule has 0 N–H and O–H groups in total. The number of unbranched alkanes of at least 4 members (excludes halogenated alkanes) is 20. The molecule has 0 spiro atoms. The van der Waals surface area contributed by atoms with E-state index in [1.54, 1.807) is 5.82 Å². The molecule has 0 aliphatic carbocycles. The monoisotopic (exact) mass is 475 g/mol. The van der Waals surface area contributed by atoms with Crippen LogP contribution in [-0.2, 0) is 19.5 Å². The Hall–Kier alpha value is -0.790. The fourth-order valence-electron chi connectivity index (χ4n) is 5.26. The topological polar surface area (TPSA) is 8.81 Å². The average Bonchev–Trinajstić information content (AvgIpc) is 3.23. The molecule has 0 aliphatic rings. The van der Waals surface area contributed by atoms with E-state index in [4.69, 9.17) is 0 Å². The van der Waals surface area contributed by atoms with Crippen LogP contribution in [0.2, 0.25) is 0 Å². The van der Waals surface area contributed by atoms with Crippen molar-refractivity contribution >= 4 is 0 Å². The molecule has 0 amide bonds. The second-order valence-corrected chi connectivity index (χ2v) is 10.9. The molecule has 200 valence electrons. The van der Waals surface area contributed by atoms with Gasteiger partial charge in [-0.2, -0.15) is 0 Å². The van der Waals surface area contributed by atoms with Crippen LogP contribution in [0.5, 0.6) is 0 Å². The molecule has 1 aromatic rings. The Balaban J connectivity index is 2.24. The van der Waals surface area contributed by atoms with Crippen molar-refractivity contribution in [3.8, 4) is 0 Å². The molecule has 1 aromatic heterocycles. The van der Waals surface area contributed by atoms with Crippen molar-refractivity contribution in [1.82, 2.24) is 4.57 Å². The van der Waals surface area contributed by atoms with Gasteiger partial charge in [0, 0.05) is 6.42 Å². The maximum absolute atomic E-state index is 2.60. The second-order valence-electron chi connectivity index (χ2n) is 10.9. The number of nitrogens with zero attached hydrogens (tertiary/aromatic N) is 2. The molecule has 1 heterocycles. The Labute approximate surface area is 215 Å². The lowest BCUT2D eigenvalue weighted by molar-refractivity contribution is -0.704. The van der Waals surface area contributed by atoms with Crippen LogP contribution < -0.4 is 4.57 Å². The molecule has 0 atom stereocenters. The summed E-state index contributed by atoms with van der Waals surface area (Å²) < 4.78 is 5.18. The van der Waals surface area contributed by atoms with E-state index < -0.39 is 0 Å². The van der Waals surface area contributed by atoms with E-state index in [-0.39, 0.29) is 0 Å². The van der Waals surface area contributed by atoms with Gasteiger partial charge in [-0.15, -0.1) is 0 Å². The first-order valence-electron chi connectivity index (χ1n) is 15.9. The third kappa shape index (κ3) is 16.8. The number of aromatic nitrogens is 2. The summed E-state index contributed by atoms with van der Waals surface area (Å²) in [5, 5.41) is 0. The summed E-state index contributed by atoms with van der Waals surface area (Å²) in [6.45, 7) is 9.36. The Kier molecular flexibility index (Phi) is 22.0. The zero-order chi connectivity index (χ0) is 24.5. The number of aryl methyl sites for hydroxylation is 2. The molecule has 2 nitrogen and oxygen atoms in total. The van der Waals surface area contributed by atoms with E-state index in [1.165, 1.54) is 167 Å². The summed E-state index contributed by atoms with van der Waals surface area (Å²) in [7, 11) is 0. The predicted molar refractivity (Wildman–Crippen MR) is 152 cm³/mol. The fourth-order valence-corrected chi connectivity index (χ4v) is 5.26. The van der Waals surface area contributed by atoms with E-state index >= 15 is 0 Å². The normalized spacial score (nSPS) is 11.5. The van der Waals surface area contributed by atoms with Gasteiger partial charge in [0.05, 0.1) is 13.1 Å². The minimum atomic E-state index is 1.21. The highest BCUT2D eigenvalue weighted by atomic mass is 15.1. The highest BCUT2D eigenvalue weighted by Crippen LogP contribution is 2.14. The fraction of sp³-hybridized carbons (Fsp3) is 0.906. The third-order valence-corrected chi connectivity index (χ3v) is 7.60. The molecule has 34 heavy (non-hydrogen) atoms. The molecule has 0 aliphatic heterocycles. The van der Waals surface area contributed by atoms with Gasteiger partial charge < -0.3 is 0 Å². The van der Waals surface area contributed by atoms with Crippen LogP contribution >= 0.6 is 0 Å². The first-order chi connectivity index (χ1) is 16.8. The van der Waals surface area contributed by atoms with Crippen LogP contribution in [-0.4, -0.2) is 4.57 Å². The molecule has 1 rings (SSSR count). The van der Waals surface area contributed by atoms with Gasteiger partial charge in [-0.1, -0.05) is 136 Å². The summed E-state index contributed by atoms with van der Waals surface area (Å²) in [4.78, 5) is 0. The molecule has 0 radical (unpaired) electrons. The molecule has 0 saturated heterocycles. The van der Waals surface area contributed by atoms with Gasteiger partial charge in [0.25, 0.3) is 5.82 Å². The molecule has 0 aromatic carbocycles. The van der Waals surface area contributed by atoms with Crippen LogP contribution in [0.15, 0.2) is 12.4 Å². The van der Waals surface area contributed by atoms with Crippen molar-refractivity contribution in [3.05, 3.63) is 18.2 Å². The SMILES string of the molecule is CCCCCCCCCCCCCCc1n(CCCCCCCCCC)cc[n+]1CCCCC. The molecular weight excluding hydrogens is 412 g/mol. The van der Waals surface area contributed by atoms with Crippen molar-refractivity contribution < 1.29 is 4.57 Å². The van der Waals surface area contributed by atoms with Gasteiger partial charge >= 0.3 is 0 Å². The van der Waals surface area contributed by atoms with Gasteiger partial charge in [0.2, 0.25) is 0 Å². The first-order valence-corrected chi connectivity index (χ1v) is 15.9. The van der Waals surface area contributed by atoms with Gasteiger partial charge in [-0.25, -0.2) is 9.13 Å². The standard InChI is InChI=1S/C32H63N2/c1-4-7-10-12-14-16-17-18-19-20-22-24-27-32-33(28-25-9-6-3)30-31-34(32)29-26-23-21-15-13-11-8-5-2/h30-31H,4-29H2,1-3H3/q+1. The van der Waals surface area contributed by atoms with E-state index in [9.17, 15) is 0 Å². The lowest BCUT2D eigenvalue weighted by Crippen LogP contribution is -2.37. The van der Waals surface area contributed by atoms with Crippen LogP contribution in [0.25, 0.3) is 0 Å². The zero-order valence-corrected chi connectivity index (χ0v) is 23.9. The quantitative estimate of drug-likeness (QED) is 0.0930. The summed E-state index contributed by atoms with van der Waals surface area (Å²) >= 11 is 0. The van der Waals surface area contributed by atoms with Crippen LogP contribution in [0.4, 0.5) is 0 Å². The van der Waals surface area contributed by atoms with Gasteiger partial charge in [0.1, 0.15) is 12.4 Å². The molecule has 0 saturated carbocycles. The minimum Gasteiger partial charge on any atom is -0.234 e. The van der Waals surface area contributed by atoms with Crippen molar-refractivity contribution in [1.29, 1.82) is 0 Å². The second kappa shape index (κ2) is 23.9. The maximum Gasteiger partial charge on any atom is 0.256 e. The number of hydrogen-bond acceptors (Lipinski definition) is 0. The number of hydrogen-bond donors (Lipinski definition) is 0. The smallest absolute Gasteiger partial charge is 0.234 e. The van der Waals surface area contributed by atoms with Crippen LogP contribution in [0, 0.1) is 0 Å². The predicted octanol–water partition coefficient (Wildman–Crippen LogP) is 10.4. The van der Waals surface area contributed by atoms with Crippen molar-refractivity contribution in [2.45, 2.75) is 188 Å². The van der Waals surface area contributed by atoms with Crippen molar-refractivity contribution in [2.75, 3.05) is 0 Å². The number of rotatable bonds is 26. The molecular formula is C32H63N2+. The van der Waals surface area contributed by atoms with Crippen molar-refractivity contribution in [3.63, 3.8) is 0 Å². The third-order valence-electron chi connectivity index (χ3n) is 7.60. The summed E-state index contributed by atoms with van der Waals surface area (Å²) in [5.41, 5.74) is 0. The molecule has 2 heteroatoms. The lowest BCUT2D eigenvalue weighted by Gasteiger charge is -2.07. The number of imidazole rings is 1. The Morgan fingerprint density at radius 1 is 0.500 bits per heavy atom. The Morgan fingerprint density at radius 3 is 1.41 bits per heavy atom. The zero-order valence-electron chi connectivity index (χ0n) is 23.9. The van der Waals surface area contributed by atoms with Crippen LogP contribution in [0.3, 0.4) is 0 Å². The Morgan fingerprint density at radius 2 is 0.912 bits per heavy atom. The van der Waals surface area contributed by atoms with E-state index in [0.29, 0.717) is 0 Å². The van der Waals surface area contributed by atoms with Gasteiger partial charge in [-0.05, 0) is 32.1 Å². The lowest BCUT2D eigenvalue weighted by atomic mass is 10.0. The van der Waals surface area contributed by atoms with E-state index in [0.717, 1.165) is 0 Å². The molecule has 0 fully saturated rings. The highest BCUT2D eigenvalue weighted by Gasteiger charge is 2.16. The average molecular weight is 476 g/mol. The minimum absolute atomic E-state index is 1.21. The summed E-state index contributed by atoms with van der Waals surface area (Å²) in [5.74, 6) is 1.60. The van der Waals surface area contributed by atoms with Crippen LogP contribution in [0.1, 0.15) is 174 Å². The maximum atomic E-state index is 2.60. The van der Waals surface area contributed by atoms with Gasteiger partial charge in [-0.3, -0.25) is 0 Å². The van der Waals surface area contributed by atoms with Gasteiger partial charge in [0.15, 0.2) is 0 Å². The molecule has 0 bridgehead atoms. The van der Waals surface area contributed by atoms with E-state index in [2.05, 4.69) is 42.3 Å². The van der Waals surface area contributed by atoms with Crippen molar-refractivity contribution in [2.24, 2.45) is 0 Å². The summed E-state index contributed by atoms with van der Waals surface area (Å²) in [6, 6.07) is 0.